The summed E-state index contributed by atoms with van der Waals surface area (Å²) in [4.78, 5) is 20.9. The Bertz CT molecular complexity index is 333. The Balaban J connectivity index is 2.81. The maximum atomic E-state index is 10.7. The third-order valence-corrected chi connectivity index (χ3v) is 1.26. The van der Waals surface area contributed by atoms with Crippen molar-refractivity contribution in [3.05, 3.63) is 17.8 Å². The molecule has 0 aliphatic carbocycles. The molecule has 0 atom stereocenters. The van der Waals surface area contributed by atoms with Crippen molar-refractivity contribution in [3.63, 3.8) is 0 Å². The highest BCUT2D eigenvalue weighted by molar-refractivity contribution is 5.92. The lowest BCUT2D eigenvalue weighted by atomic mass is 10.3. The molecule has 1 aromatic rings. The van der Waals surface area contributed by atoms with Crippen LogP contribution in [-0.4, -0.2) is 27.2 Å². The highest BCUT2D eigenvalue weighted by Crippen LogP contribution is 2.01. The van der Waals surface area contributed by atoms with Crippen LogP contribution in [0, 0.1) is 0 Å². The fourth-order valence-electron chi connectivity index (χ4n) is 0.696. The maximum Gasteiger partial charge on any atom is 0.410 e. The first-order valence-corrected chi connectivity index (χ1v) is 3.44. The normalized spacial score (nSPS) is 9.31. The minimum Gasteiger partial charge on any atom is -0.465 e. The zero-order valence-electron chi connectivity index (χ0n) is 6.81. The van der Waals surface area contributed by atoms with Gasteiger partial charge in [0.05, 0.1) is 0 Å². The van der Waals surface area contributed by atoms with Crippen LogP contribution >= 0.6 is 0 Å². The van der Waals surface area contributed by atoms with Crippen molar-refractivity contribution in [3.8, 4) is 0 Å². The van der Waals surface area contributed by atoms with Gasteiger partial charge in [0.2, 0.25) is 0 Å². The molecule has 0 unspecified atom stereocenters. The van der Waals surface area contributed by atoms with Crippen LogP contribution in [0.3, 0.4) is 0 Å². The lowest BCUT2D eigenvalue weighted by molar-refractivity contribution is 0.101. The van der Waals surface area contributed by atoms with E-state index in [2.05, 4.69) is 10.2 Å². The molecule has 0 saturated heterocycles. The fourth-order valence-corrected chi connectivity index (χ4v) is 0.696. The van der Waals surface area contributed by atoms with Gasteiger partial charge in [-0.1, -0.05) is 0 Å². The Morgan fingerprint density at radius 2 is 2.08 bits per heavy atom. The SMILES string of the molecule is CC(=O)c1ccc(NC(=O)O)nn1. The summed E-state index contributed by atoms with van der Waals surface area (Å²) in [5.41, 5.74) is 0.205. The van der Waals surface area contributed by atoms with E-state index >= 15 is 0 Å². The quantitative estimate of drug-likeness (QED) is 0.657. The molecule has 13 heavy (non-hydrogen) atoms. The Hall–Kier alpha value is -1.98. The van der Waals surface area contributed by atoms with Crippen molar-refractivity contribution >= 4 is 17.7 Å². The molecule has 0 aromatic carbocycles. The molecule has 2 N–H and O–H groups in total. The predicted molar refractivity (Wildman–Crippen MR) is 43.7 cm³/mol. The number of nitrogens with one attached hydrogen (secondary N) is 1. The fraction of sp³-hybridized carbons (Fsp3) is 0.143. The lowest BCUT2D eigenvalue weighted by Crippen LogP contribution is -2.10. The third-order valence-electron chi connectivity index (χ3n) is 1.26. The number of hydrogen-bond acceptors (Lipinski definition) is 4. The first-order chi connectivity index (χ1) is 6.09. The maximum absolute atomic E-state index is 10.7. The number of nitrogens with zero attached hydrogens (tertiary/aromatic N) is 2. The van der Waals surface area contributed by atoms with Crippen LogP contribution in [0.2, 0.25) is 0 Å². The van der Waals surface area contributed by atoms with Crippen molar-refractivity contribution in [1.29, 1.82) is 0 Å². The summed E-state index contributed by atoms with van der Waals surface area (Å²) in [5.74, 6) is -0.119. The molecule has 0 bridgehead atoms. The van der Waals surface area contributed by atoms with E-state index in [0.717, 1.165) is 0 Å². The van der Waals surface area contributed by atoms with Gasteiger partial charge < -0.3 is 5.11 Å². The molecule has 6 nitrogen and oxygen atoms in total. The van der Waals surface area contributed by atoms with Crippen LogP contribution in [0.1, 0.15) is 17.4 Å². The van der Waals surface area contributed by atoms with E-state index in [1.165, 1.54) is 19.1 Å². The summed E-state index contributed by atoms with van der Waals surface area (Å²) >= 11 is 0. The summed E-state index contributed by atoms with van der Waals surface area (Å²) in [5, 5.41) is 17.3. The van der Waals surface area contributed by atoms with Gasteiger partial charge in [0.15, 0.2) is 11.6 Å². The van der Waals surface area contributed by atoms with Crippen LogP contribution in [0.25, 0.3) is 0 Å². The number of Topliss-reactive ketones (excluding diaryl/α,β-unsaturated/α-hetero) is 1. The number of carbonyl (C=O) groups excluding carboxylic acids is 1. The van der Waals surface area contributed by atoms with Crippen LogP contribution in [-0.2, 0) is 0 Å². The summed E-state index contributed by atoms with van der Waals surface area (Å²) in [6.07, 6.45) is -1.22. The average molecular weight is 181 g/mol. The molecule has 0 fully saturated rings. The van der Waals surface area contributed by atoms with Gasteiger partial charge in [-0.2, -0.15) is 0 Å². The highest BCUT2D eigenvalue weighted by Gasteiger charge is 2.03. The average Bonchev–Trinajstić information content (AvgIpc) is 2.04. The second-order valence-corrected chi connectivity index (χ2v) is 2.29. The van der Waals surface area contributed by atoms with Crippen LogP contribution < -0.4 is 5.32 Å². The molecule has 0 aliphatic rings. The summed E-state index contributed by atoms with van der Waals surface area (Å²) in [7, 11) is 0. The summed E-state index contributed by atoms with van der Waals surface area (Å²) in [6.45, 7) is 1.36. The second kappa shape index (κ2) is 3.61. The van der Waals surface area contributed by atoms with E-state index in [4.69, 9.17) is 5.11 Å². The molecule has 1 aromatic heterocycles. The number of aromatic nitrogens is 2. The monoisotopic (exact) mass is 181 g/mol. The number of carbonyl (C=O) groups is 2. The third kappa shape index (κ3) is 2.51. The van der Waals surface area contributed by atoms with Gasteiger partial charge in [0, 0.05) is 6.92 Å². The van der Waals surface area contributed by atoms with Crippen molar-refractivity contribution < 1.29 is 14.7 Å². The van der Waals surface area contributed by atoms with E-state index in [0.29, 0.717) is 0 Å². The van der Waals surface area contributed by atoms with Gasteiger partial charge >= 0.3 is 6.09 Å². The molecule has 0 radical (unpaired) electrons. The molecule has 1 rings (SSSR count). The lowest BCUT2D eigenvalue weighted by Gasteiger charge is -1.98. The number of rotatable bonds is 2. The zero-order valence-corrected chi connectivity index (χ0v) is 6.81. The standard InChI is InChI=1S/C7H7N3O3/c1-4(11)5-2-3-6(10-9-5)8-7(12)13/h2-3H,1H3,(H,8,10)(H,12,13). The van der Waals surface area contributed by atoms with Crippen molar-refractivity contribution in [2.75, 3.05) is 5.32 Å². The highest BCUT2D eigenvalue weighted by atomic mass is 16.4. The van der Waals surface area contributed by atoms with Crippen molar-refractivity contribution in [2.45, 2.75) is 6.92 Å². The van der Waals surface area contributed by atoms with E-state index in [1.54, 1.807) is 0 Å². The molecule has 6 heteroatoms. The largest absolute Gasteiger partial charge is 0.465 e. The molecule has 68 valence electrons. The Morgan fingerprint density at radius 1 is 1.38 bits per heavy atom. The molecule has 0 saturated carbocycles. The van der Waals surface area contributed by atoms with Crippen molar-refractivity contribution in [2.24, 2.45) is 0 Å². The van der Waals surface area contributed by atoms with Gasteiger partial charge in [-0.25, -0.2) is 4.79 Å². The number of amides is 1. The number of ketones is 1. The molecule has 1 heterocycles. The van der Waals surface area contributed by atoms with Gasteiger partial charge in [-0.05, 0) is 12.1 Å². The Labute approximate surface area is 73.6 Å². The number of hydrogen-bond donors (Lipinski definition) is 2. The van der Waals surface area contributed by atoms with Crippen LogP contribution in [0.15, 0.2) is 12.1 Å². The van der Waals surface area contributed by atoms with E-state index in [1.807, 2.05) is 5.32 Å². The van der Waals surface area contributed by atoms with Gasteiger partial charge in [-0.15, -0.1) is 10.2 Å². The van der Waals surface area contributed by atoms with Gasteiger partial charge in [0.25, 0.3) is 0 Å². The van der Waals surface area contributed by atoms with E-state index < -0.39 is 6.09 Å². The molecule has 0 spiro atoms. The molecular formula is C7H7N3O3. The number of anilines is 1. The molecule has 0 aliphatic heterocycles. The molecule has 1 amide bonds. The first-order valence-electron chi connectivity index (χ1n) is 3.44. The van der Waals surface area contributed by atoms with Gasteiger partial charge in [0.1, 0.15) is 5.69 Å². The minimum atomic E-state index is -1.22. The van der Waals surface area contributed by atoms with Crippen LogP contribution in [0.5, 0.6) is 0 Å². The summed E-state index contributed by atoms with van der Waals surface area (Å²) < 4.78 is 0. The predicted octanol–water partition coefficient (Wildman–Crippen LogP) is 0.769. The Kier molecular flexibility index (Phi) is 2.53. The van der Waals surface area contributed by atoms with Gasteiger partial charge in [-0.3, -0.25) is 10.1 Å². The second-order valence-electron chi connectivity index (χ2n) is 2.29. The Morgan fingerprint density at radius 3 is 2.46 bits per heavy atom. The zero-order chi connectivity index (χ0) is 9.84. The number of carboxylic acid groups (broad SMARTS) is 1. The van der Waals surface area contributed by atoms with Crippen molar-refractivity contribution in [1.82, 2.24) is 10.2 Å². The topological polar surface area (TPSA) is 92.2 Å². The first kappa shape index (κ1) is 9.11. The molecular weight excluding hydrogens is 174 g/mol. The minimum absolute atomic E-state index is 0.0949. The van der Waals surface area contributed by atoms with E-state index in [9.17, 15) is 9.59 Å². The smallest absolute Gasteiger partial charge is 0.410 e. The summed E-state index contributed by atoms with van der Waals surface area (Å²) in [6, 6.07) is 2.78. The van der Waals surface area contributed by atoms with Crippen LogP contribution in [0.4, 0.5) is 10.6 Å². The van der Waals surface area contributed by atoms with E-state index in [-0.39, 0.29) is 17.3 Å².